The number of nitrogens with one attached hydrogen (secondary N) is 2. The van der Waals surface area contributed by atoms with Gasteiger partial charge >= 0.3 is 6.03 Å². The zero-order valence-corrected chi connectivity index (χ0v) is 13.4. The first-order valence-electron chi connectivity index (χ1n) is 8.19. The summed E-state index contributed by atoms with van der Waals surface area (Å²) >= 11 is 0. The fourth-order valence-corrected chi connectivity index (χ4v) is 3.25. The first-order chi connectivity index (χ1) is 11.2. The Morgan fingerprint density at radius 3 is 2.87 bits per heavy atom. The van der Waals surface area contributed by atoms with E-state index in [9.17, 15) is 9.59 Å². The Balaban J connectivity index is 1.55. The van der Waals surface area contributed by atoms with Crippen molar-refractivity contribution in [1.82, 2.24) is 15.5 Å². The second-order valence-electron chi connectivity index (χ2n) is 6.14. The summed E-state index contributed by atoms with van der Waals surface area (Å²) in [4.78, 5) is 26.0. The molecule has 2 fully saturated rings. The van der Waals surface area contributed by atoms with Gasteiger partial charge in [0.05, 0.1) is 12.5 Å². The van der Waals surface area contributed by atoms with Crippen LogP contribution >= 0.6 is 0 Å². The number of likely N-dealkylation sites (tertiary alicyclic amines) is 1. The van der Waals surface area contributed by atoms with Gasteiger partial charge in [-0.2, -0.15) is 0 Å². The van der Waals surface area contributed by atoms with E-state index in [-0.39, 0.29) is 17.9 Å². The monoisotopic (exact) mass is 317 g/mol. The molecule has 2 heterocycles. The number of carbonyl (C=O) groups is 2. The van der Waals surface area contributed by atoms with E-state index in [1.807, 2.05) is 31.2 Å². The number of piperidine rings is 2. The summed E-state index contributed by atoms with van der Waals surface area (Å²) in [5.74, 6) is 1.08. The molecule has 2 unspecified atom stereocenters. The summed E-state index contributed by atoms with van der Waals surface area (Å²) < 4.78 is 5.39. The second kappa shape index (κ2) is 7.00. The van der Waals surface area contributed by atoms with Crippen LogP contribution in [-0.4, -0.2) is 43.1 Å². The van der Waals surface area contributed by atoms with Crippen LogP contribution in [-0.2, 0) is 11.3 Å². The molecule has 0 aliphatic carbocycles. The molecule has 2 bridgehead atoms. The van der Waals surface area contributed by atoms with Crippen LogP contribution in [0.1, 0.15) is 18.9 Å². The van der Waals surface area contributed by atoms with Crippen LogP contribution in [0.25, 0.3) is 0 Å². The maximum Gasteiger partial charge on any atom is 0.324 e. The van der Waals surface area contributed by atoms with Gasteiger partial charge in [-0.15, -0.1) is 0 Å². The van der Waals surface area contributed by atoms with Gasteiger partial charge in [-0.05, 0) is 43.5 Å². The molecule has 0 saturated carbocycles. The third-order valence-corrected chi connectivity index (χ3v) is 4.42. The standard InChI is InChI=1S/C17H23N3O3/c1-2-23-15-5-3-12(4-6-15)9-19-17(22)20-11-13-7-14(16(20)21)10-18-8-13/h3-6,13-14,18H,2,7-11H2,1H3,(H,19,22). The van der Waals surface area contributed by atoms with E-state index in [0.717, 1.165) is 24.3 Å². The Morgan fingerprint density at radius 2 is 2.13 bits per heavy atom. The lowest BCUT2D eigenvalue weighted by Crippen LogP contribution is -2.58. The van der Waals surface area contributed by atoms with Crippen LogP contribution in [0, 0.1) is 11.8 Å². The molecule has 23 heavy (non-hydrogen) atoms. The summed E-state index contributed by atoms with van der Waals surface area (Å²) in [6.07, 6.45) is 0.897. The first-order valence-corrected chi connectivity index (χ1v) is 8.19. The molecular weight excluding hydrogens is 294 g/mol. The highest BCUT2D eigenvalue weighted by Crippen LogP contribution is 2.25. The predicted octanol–water partition coefficient (Wildman–Crippen LogP) is 1.36. The summed E-state index contributed by atoms with van der Waals surface area (Å²) in [6, 6.07) is 7.31. The number of carbonyl (C=O) groups excluding carboxylic acids is 2. The zero-order valence-electron chi connectivity index (χ0n) is 13.4. The van der Waals surface area contributed by atoms with Crippen molar-refractivity contribution in [2.24, 2.45) is 11.8 Å². The molecule has 124 valence electrons. The minimum atomic E-state index is -0.291. The van der Waals surface area contributed by atoms with Crippen LogP contribution in [0.4, 0.5) is 4.79 Å². The molecule has 1 aromatic carbocycles. The topological polar surface area (TPSA) is 70.7 Å². The maximum atomic E-state index is 12.3. The largest absolute Gasteiger partial charge is 0.494 e. The lowest BCUT2D eigenvalue weighted by molar-refractivity contribution is -0.137. The van der Waals surface area contributed by atoms with Crippen molar-refractivity contribution in [3.63, 3.8) is 0 Å². The summed E-state index contributed by atoms with van der Waals surface area (Å²) in [5, 5.41) is 6.10. The van der Waals surface area contributed by atoms with E-state index in [2.05, 4.69) is 10.6 Å². The average Bonchev–Trinajstić information content (AvgIpc) is 2.58. The van der Waals surface area contributed by atoms with Crippen molar-refractivity contribution in [2.45, 2.75) is 19.9 Å². The number of imide groups is 1. The Hall–Kier alpha value is -2.08. The van der Waals surface area contributed by atoms with Gasteiger partial charge in [0.25, 0.3) is 0 Å². The van der Waals surface area contributed by atoms with Crippen molar-refractivity contribution in [3.8, 4) is 5.75 Å². The van der Waals surface area contributed by atoms with Crippen molar-refractivity contribution >= 4 is 11.9 Å². The molecule has 1 aromatic rings. The molecular formula is C17H23N3O3. The second-order valence-corrected chi connectivity index (χ2v) is 6.14. The van der Waals surface area contributed by atoms with E-state index >= 15 is 0 Å². The Morgan fingerprint density at radius 1 is 1.35 bits per heavy atom. The molecule has 0 spiro atoms. The number of hydrogen-bond donors (Lipinski definition) is 2. The van der Waals surface area contributed by atoms with Gasteiger partial charge in [-0.3, -0.25) is 9.69 Å². The van der Waals surface area contributed by atoms with Gasteiger partial charge in [0.1, 0.15) is 5.75 Å². The number of ether oxygens (including phenoxy) is 1. The molecule has 2 aliphatic rings. The number of hydrogen-bond acceptors (Lipinski definition) is 4. The van der Waals surface area contributed by atoms with Gasteiger partial charge in [0, 0.05) is 19.6 Å². The average molecular weight is 317 g/mol. The number of amides is 3. The number of fused-ring (bicyclic) bond motifs is 2. The maximum absolute atomic E-state index is 12.3. The third-order valence-electron chi connectivity index (χ3n) is 4.42. The SMILES string of the molecule is CCOc1ccc(CNC(=O)N2CC3CNCC(C3)C2=O)cc1. The molecule has 3 rings (SSSR count). The molecule has 0 radical (unpaired) electrons. The minimum absolute atomic E-state index is 0.0567. The van der Waals surface area contributed by atoms with Gasteiger partial charge in [0.15, 0.2) is 0 Å². The first kappa shape index (κ1) is 15.8. The highest BCUT2D eigenvalue weighted by Gasteiger charge is 2.39. The van der Waals surface area contributed by atoms with Crippen LogP contribution in [0.3, 0.4) is 0 Å². The van der Waals surface area contributed by atoms with Gasteiger partial charge in [-0.1, -0.05) is 12.1 Å². The number of urea groups is 1. The summed E-state index contributed by atoms with van der Waals surface area (Å²) in [5.41, 5.74) is 0.980. The highest BCUT2D eigenvalue weighted by atomic mass is 16.5. The third kappa shape index (κ3) is 3.64. The van der Waals surface area contributed by atoms with Gasteiger partial charge < -0.3 is 15.4 Å². The van der Waals surface area contributed by atoms with E-state index in [1.54, 1.807) is 0 Å². The number of nitrogens with zero attached hydrogens (tertiary/aromatic N) is 1. The van der Waals surface area contributed by atoms with Crippen LogP contribution in [0.2, 0.25) is 0 Å². The van der Waals surface area contributed by atoms with Gasteiger partial charge in [0.2, 0.25) is 5.91 Å². The predicted molar refractivity (Wildman–Crippen MR) is 86.0 cm³/mol. The highest BCUT2D eigenvalue weighted by molar-refractivity contribution is 5.96. The molecule has 2 aliphatic heterocycles. The molecule has 2 N–H and O–H groups in total. The molecule has 2 saturated heterocycles. The van der Waals surface area contributed by atoms with Crippen LogP contribution in [0.5, 0.6) is 5.75 Å². The van der Waals surface area contributed by atoms with Crippen molar-refractivity contribution < 1.29 is 14.3 Å². The quantitative estimate of drug-likeness (QED) is 0.880. The van der Waals surface area contributed by atoms with E-state index in [1.165, 1.54) is 4.90 Å². The van der Waals surface area contributed by atoms with E-state index < -0.39 is 0 Å². The number of benzene rings is 1. The molecule has 0 aromatic heterocycles. The lowest BCUT2D eigenvalue weighted by Gasteiger charge is -2.39. The van der Waals surface area contributed by atoms with Crippen LogP contribution < -0.4 is 15.4 Å². The van der Waals surface area contributed by atoms with Crippen molar-refractivity contribution in [1.29, 1.82) is 0 Å². The van der Waals surface area contributed by atoms with Crippen molar-refractivity contribution in [3.05, 3.63) is 29.8 Å². The molecule has 6 heteroatoms. The van der Waals surface area contributed by atoms with E-state index in [4.69, 9.17) is 4.74 Å². The fourth-order valence-electron chi connectivity index (χ4n) is 3.25. The number of rotatable bonds is 4. The smallest absolute Gasteiger partial charge is 0.324 e. The Kier molecular flexibility index (Phi) is 4.81. The summed E-state index contributed by atoms with van der Waals surface area (Å²) in [6.45, 7) is 5.05. The van der Waals surface area contributed by atoms with Crippen molar-refractivity contribution in [2.75, 3.05) is 26.2 Å². The van der Waals surface area contributed by atoms with E-state index in [0.29, 0.717) is 32.2 Å². The summed E-state index contributed by atoms with van der Waals surface area (Å²) in [7, 11) is 0. The molecule has 3 amide bonds. The van der Waals surface area contributed by atoms with Gasteiger partial charge in [-0.25, -0.2) is 4.79 Å². The Bertz CT molecular complexity index is 573. The minimum Gasteiger partial charge on any atom is -0.494 e. The lowest BCUT2D eigenvalue weighted by atomic mass is 9.85. The molecule has 2 atom stereocenters. The fraction of sp³-hybridized carbons (Fsp3) is 0.529. The Labute approximate surface area is 136 Å². The molecule has 6 nitrogen and oxygen atoms in total. The zero-order chi connectivity index (χ0) is 16.2. The van der Waals surface area contributed by atoms with Crippen LogP contribution in [0.15, 0.2) is 24.3 Å². The normalized spacial score (nSPS) is 23.5.